The van der Waals surface area contributed by atoms with Gasteiger partial charge in [0.25, 0.3) is 0 Å². The first-order valence-corrected chi connectivity index (χ1v) is 11.6. The lowest BCUT2D eigenvalue weighted by molar-refractivity contribution is -0.124. The third-order valence-electron chi connectivity index (χ3n) is 5.31. The maximum absolute atomic E-state index is 11.7. The molecule has 3 heterocycles. The first kappa shape index (κ1) is 22.1. The monoisotopic (exact) mass is 453 g/mol. The topological polar surface area (TPSA) is 93.3 Å². The summed E-state index contributed by atoms with van der Waals surface area (Å²) in [6, 6.07) is 11.9. The van der Waals surface area contributed by atoms with E-state index in [4.69, 9.17) is 4.42 Å². The Labute approximate surface area is 191 Å². The van der Waals surface area contributed by atoms with Gasteiger partial charge in [0.1, 0.15) is 5.76 Å². The van der Waals surface area contributed by atoms with Crippen LogP contribution in [-0.2, 0) is 16.8 Å². The largest absolute Gasteiger partial charge is 0.467 e. The van der Waals surface area contributed by atoms with Gasteiger partial charge in [0.05, 0.1) is 19.4 Å². The van der Waals surface area contributed by atoms with Gasteiger partial charge in [-0.15, -0.1) is 10.2 Å². The molecule has 3 amide bonds. The van der Waals surface area contributed by atoms with Crippen molar-refractivity contribution in [3.8, 4) is 11.4 Å². The standard InChI is InChI=1S/C23H27N5O3S/c1-23(2,3)17-9-7-16(8-10-17)20-25-26-22(28(20)15-18-6-4-12-31-18)32-13-5-11-27-19(29)14-24-21(27)30/h4,6-10,12H,5,11,13-15H2,1-3H3,(H,24,30). The maximum Gasteiger partial charge on any atom is 0.324 e. The smallest absolute Gasteiger partial charge is 0.324 e. The van der Waals surface area contributed by atoms with E-state index < -0.39 is 0 Å². The van der Waals surface area contributed by atoms with E-state index in [1.54, 1.807) is 18.0 Å². The minimum Gasteiger partial charge on any atom is -0.467 e. The normalized spacial score (nSPS) is 14.3. The highest BCUT2D eigenvalue weighted by molar-refractivity contribution is 7.99. The molecule has 1 aliphatic heterocycles. The van der Waals surface area contributed by atoms with Crippen LogP contribution in [0.15, 0.2) is 52.2 Å². The molecule has 1 aliphatic rings. The lowest BCUT2D eigenvalue weighted by Crippen LogP contribution is -2.32. The van der Waals surface area contributed by atoms with Crippen molar-refractivity contribution in [2.75, 3.05) is 18.8 Å². The molecule has 0 saturated carbocycles. The summed E-state index contributed by atoms with van der Waals surface area (Å²) in [5.74, 6) is 2.12. The van der Waals surface area contributed by atoms with Crippen LogP contribution in [0.1, 0.15) is 38.5 Å². The number of hydrogen-bond acceptors (Lipinski definition) is 6. The number of hydrogen-bond donors (Lipinski definition) is 1. The Morgan fingerprint density at radius 3 is 2.53 bits per heavy atom. The number of carbonyl (C=O) groups is 2. The van der Waals surface area contributed by atoms with Crippen molar-refractivity contribution in [1.82, 2.24) is 25.0 Å². The molecule has 0 aliphatic carbocycles. The van der Waals surface area contributed by atoms with Gasteiger partial charge in [-0.2, -0.15) is 0 Å². The predicted octanol–water partition coefficient (Wildman–Crippen LogP) is 3.92. The van der Waals surface area contributed by atoms with E-state index in [-0.39, 0.29) is 23.9 Å². The zero-order chi connectivity index (χ0) is 22.7. The van der Waals surface area contributed by atoms with Crippen LogP contribution in [0.25, 0.3) is 11.4 Å². The van der Waals surface area contributed by atoms with Gasteiger partial charge in [-0.05, 0) is 29.5 Å². The third kappa shape index (κ3) is 4.88. The molecule has 0 spiro atoms. The number of benzene rings is 1. The highest BCUT2D eigenvalue weighted by atomic mass is 32.2. The van der Waals surface area contributed by atoms with Crippen LogP contribution in [0.5, 0.6) is 0 Å². The summed E-state index contributed by atoms with van der Waals surface area (Å²) >= 11 is 1.56. The minimum atomic E-state index is -0.318. The molecular formula is C23H27N5O3S. The summed E-state index contributed by atoms with van der Waals surface area (Å²) in [6.45, 7) is 7.57. The highest BCUT2D eigenvalue weighted by Gasteiger charge is 2.27. The number of aromatic nitrogens is 3. The molecule has 0 atom stereocenters. The Morgan fingerprint density at radius 2 is 1.91 bits per heavy atom. The van der Waals surface area contributed by atoms with Crippen LogP contribution in [0.3, 0.4) is 0 Å². The van der Waals surface area contributed by atoms with Crippen molar-refractivity contribution < 1.29 is 14.0 Å². The van der Waals surface area contributed by atoms with Gasteiger partial charge in [-0.25, -0.2) is 4.79 Å². The first-order valence-electron chi connectivity index (χ1n) is 10.6. The molecule has 9 heteroatoms. The Balaban J connectivity index is 1.50. The van der Waals surface area contributed by atoms with Gasteiger partial charge < -0.3 is 9.73 Å². The van der Waals surface area contributed by atoms with Crippen LogP contribution < -0.4 is 5.32 Å². The summed E-state index contributed by atoms with van der Waals surface area (Å²) in [4.78, 5) is 24.7. The first-order chi connectivity index (χ1) is 15.3. The van der Waals surface area contributed by atoms with Crippen molar-refractivity contribution in [3.05, 3.63) is 54.0 Å². The Hall–Kier alpha value is -3.07. The molecule has 1 fully saturated rings. The second kappa shape index (κ2) is 9.20. The van der Waals surface area contributed by atoms with E-state index >= 15 is 0 Å². The van der Waals surface area contributed by atoms with E-state index in [1.165, 1.54) is 10.5 Å². The summed E-state index contributed by atoms with van der Waals surface area (Å²) in [5, 5.41) is 12.2. The number of amides is 3. The molecule has 2 aromatic heterocycles. The van der Waals surface area contributed by atoms with Crippen LogP contribution in [0.4, 0.5) is 4.79 Å². The molecular weight excluding hydrogens is 426 g/mol. The number of urea groups is 1. The predicted molar refractivity (Wildman–Crippen MR) is 122 cm³/mol. The molecule has 168 valence electrons. The van der Waals surface area contributed by atoms with Crippen molar-refractivity contribution in [2.24, 2.45) is 0 Å². The van der Waals surface area contributed by atoms with E-state index in [0.717, 1.165) is 22.3 Å². The molecule has 0 unspecified atom stereocenters. The SMILES string of the molecule is CC(C)(C)c1ccc(-c2nnc(SCCCN3C(=O)CNC3=O)n2Cc2ccco2)cc1. The number of nitrogens with one attached hydrogen (secondary N) is 1. The number of rotatable bonds is 8. The van der Waals surface area contributed by atoms with Gasteiger partial charge in [0.15, 0.2) is 11.0 Å². The number of carbonyl (C=O) groups excluding carboxylic acids is 2. The van der Waals surface area contributed by atoms with Crippen LogP contribution in [0, 0.1) is 0 Å². The average Bonchev–Trinajstić information content (AvgIpc) is 3.48. The van der Waals surface area contributed by atoms with Gasteiger partial charge in [-0.3, -0.25) is 14.3 Å². The maximum atomic E-state index is 11.7. The Bertz CT molecular complexity index is 1070. The zero-order valence-electron chi connectivity index (χ0n) is 18.5. The molecule has 32 heavy (non-hydrogen) atoms. The number of imide groups is 1. The van der Waals surface area contributed by atoms with E-state index in [0.29, 0.717) is 25.3 Å². The lowest BCUT2D eigenvalue weighted by atomic mass is 9.87. The van der Waals surface area contributed by atoms with Crippen LogP contribution >= 0.6 is 11.8 Å². The molecule has 0 bridgehead atoms. The molecule has 1 N–H and O–H groups in total. The van der Waals surface area contributed by atoms with Crippen molar-refractivity contribution in [1.29, 1.82) is 0 Å². The number of furan rings is 1. The third-order valence-corrected chi connectivity index (χ3v) is 6.37. The summed E-state index contributed by atoms with van der Waals surface area (Å²) in [7, 11) is 0. The Kier molecular flexibility index (Phi) is 6.36. The van der Waals surface area contributed by atoms with Crippen LogP contribution in [-0.4, -0.2) is 50.4 Å². The molecule has 8 nitrogen and oxygen atoms in total. The average molecular weight is 454 g/mol. The van der Waals surface area contributed by atoms with Crippen molar-refractivity contribution in [2.45, 2.75) is 44.3 Å². The van der Waals surface area contributed by atoms with E-state index in [2.05, 4.69) is 60.6 Å². The second-order valence-corrected chi connectivity index (χ2v) is 9.77. The van der Waals surface area contributed by atoms with Gasteiger partial charge >= 0.3 is 6.03 Å². The van der Waals surface area contributed by atoms with Gasteiger partial charge in [0.2, 0.25) is 5.91 Å². The number of nitrogens with zero attached hydrogens (tertiary/aromatic N) is 4. The molecule has 1 aromatic carbocycles. The van der Waals surface area contributed by atoms with Crippen molar-refractivity contribution in [3.63, 3.8) is 0 Å². The van der Waals surface area contributed by atoms with Crippen molar-refractivity contribution >= 4 is 23.7 Å². The fourth-order valence-corrected chi connectivity index (χ4v) is 4.36. The summed E-state index contributed by atoms with van der Waals surface area (Å²) in [5.41, 5.74) is 2.33. The van der Waals surface area contributed by atoms with E-state index in [9.17, 15) is 9.59 Å². The van der Waals surface area contributed by atoms with Crippen LogP contribution in [0.2, 0.25) is 0 Å². The fraction of sp³-hybridized carbons (Fsp3) is 0.391. The van der Waals surface area contributed by atoms with Gasteiger partial charge in [-0.1, -0.05) is 56.8 Å². The zero-order valence-corrected chi connectivity index (χ0v) is 19.3. The Morgan fingerprint density at radius 1 is 1.12 bits per heavy atom. The quantitative estimate of drug-likeness (QED) is 0.316. The summed E-state index contributed by atoms with van der Waals surface area (Å²) in [6.07, 6.45) is 2.33. The number of thioether (sulfide) groups is 1. The minimum absolute atomic E-state index is 0.0784. The summed E-state index contributed by atoms with van der Waals surface area (Å²) < 4.78 is 7.60. The van der Waals surface area contributed by atoms with Gasteiger partial charge in [0, 0.05) is 17.9 Å². The lowest BCUT2D eigenvalue weighted by Gasteiger charge is -2.19. The molecule has 3 aromatic rings. The van der Waals surface area contributed by atoms with E-state index in [1.807, 2.05) is 16.7 Å². The molecule has 0 radical (unpaired) electrons. The second-order valence-electron chi connectivity index (χ2n) is 8.71. The fourth-order valence-electron chi connectivity index (χ4n) is 3.50. The highest BCUT2D eigenvalue weighted by Crippen LogP contribution is 2.28. The molecule has 4 rings (SSSR count). The molecule has 1 saturated heterocycles.